The van der Waals surface area contributed by atoms with Crippen molar-refractivity contribution in [3.05, 3.63) is 53.3 Å². The number of benzene rings is 2. The van der Waals surface area contributed by atoms with Crippen LogP contribution in [0.2, 0.25) is 0 Å². The monoisotopic (exact) mass is 271 g/mol. The van der Waals surface area contributed by atoms with E-state index in [1.807, 2.05) is 31.2 Å². The van der Waals surface area contributed by atoms with Crippen molar-refractivity contribution in [2.45, 2.75) is 19.9 Å². The lowest BCUT2D eigenvalue weighted by Gasteiger charge is -2.08. The van der Waals surface area contributed by atoms with Crippen LogP contribution in [0.25, 0.3) is 11.1 Å². The molecule has 0 aromatic heterocycles. The highest BCUT2D eigenvalue weighted by Crippen LogP contribution is 2.31. The van der Waals surface area contributed by atoms with Crippen LogP contribution in [-0.4, -0.2) is 13.2 Å². The van der Waals surface area contributed by atoms with Crippen molar-refractivity contribution in [3.63, 3.8) is 0 Å². The van der Waals surface area contributed by atoms with Crippen LogP contribution in [0.4, 0.5) is 4.39 Å². The van der Waals surface area contributed by atoms with Gasteiger partial charge in [-0.25, -0.2) is 4.39 Å². The van der Waals surface area contributed by atoms with Crippen LogP contribution in [0.3, 0.4) is 0 Å². The van der Waals surface area contributed by atoms with Gasteiger partial charge in [-0.05, 0) is 41.4 Å². The quantitative estimate of drug-likeness (QED) is 0.918. The zero-order valence-electron chi connectivity index (χ0n) is 11.6. The predicted octanol–water partition coefficient (Wildman–Crippen LogP) is 3.54. The molecule has 0 atom stereocenters. The third-order valence-electron chi connectivity index (χ3n) is 3.64. The van der Waals surface area contributed by atoms with E-state index in [1.54, 1.807) is 6.07 Å². The Labute approximate surface area is 118 Å². The van der Waals surface area contributed by atoms with E-state index in [0.29, 0.717) is 12.1 Å². The first kappa shape index (κ1) is 13.1. The van der Waals surface area contributed by atoms with Gasteiger partial charge < -0.3 is 10.1 Å². The molecule has 20 heavy (non-hydrogen) atoms. The third-order valence-corrected chi connectivity index (χ3v) is 3.64. The lowest BCUT2D eigenvalue weighted by molar-refractivity contribution is 0.357. The van der Waals surface area contributed by atoms with Crippen LogP contribution < -0.4 is 10.1 Å². The van der Waals surface area contributed by atoms with E-state index in [9.17, 15) is 4.39 Å². The lowest BCUT2D eigenvalue weighted by Crippen LogP contribution is -2.12. The summed E-state index contributed by atoms with van der Waals surface area (Å²) >= 11 is 0. The second kappa shape index (κ2) is 5.63. The van der Waals surface area contributed by atoms with Crippen molar-refractivity contribution in [3.8, 4) is 16.9 Å². The molecule has 3 rings (SSSR count). The second-order valence-electron chi connectivity index (χ2n) is 5.01. The molecule has 104 valence electrons. The van der Waals surface area contributed by atoms with Crippen LogP contribution in [0.5, 0.6) is 5.75 Å². The Hall–Kier alpha value is -1.87. The highest BCUT2D eigenvalue weighted by atomic mass is 19.1. The van der Waals surface area contributed by atoms with Crippen LogP contribution >= 0.6 is 0 Å². The van der Waals surface area contributed by atoms with Gasteiger partial charge in [0.05, 0.1) is 6.61 Å². The maximum Gasteiger partial charge on any atom is 0.128 e. The highest BCUT2D eigenvalue weighted by Gasteiger charge is 2.13. The lowest BCUT2D eigenvalue weighted by atomic mass is 10.0. The van der Waals surface area contributed by atoms with E-state index in [2.05, 4.69) is 11.4 Å². The summed E-state index contributed by atoms with van der Waals surface area (Å²) in [7, 11) is 0. The molecule has 0 spiro atoms. The molecule has 3 heteroatoms. The zero-order chi connectivity index (χ0) is 13.9. The summed E-state index contributed by atoms with van der Waals surface area (Å²) in [5.74, 6) is 0.804. The van der Waals surface area contributed by atoms with Gasteiger partial charge in [0.15, 0.2) is 0 Å². The fraction of sp³-hybridized carbons (Fsp3) is 0.294. The zero-order valence-corrected chi connectivity index (χ0v) is 11.6. The molecule has 0 bridgehead atoms. The first-order valence-electron chi connectivity index (χ1n) is 7.03. The van der Waals surface area contributed by atoms with E-state index in [0.717, 1.165) is 36.4 Å². The van der Waals surface area contributed by atoms with Crippen molar-refractivity contribution < 1.29 is 9.13 Å². The Bertz CT molecular complexity index is 624. The fourth-order valence-corrected chi connectivity index (χ4v) is 2.50. The summed E-state index contributed by atoms with van der Waals surface area (Å²) in [6, 6.07) is 11.5. The second-order valence-corrected chi connectivity index (χ2v) is 5.01. The molecule has 0 saturated carbocycles. The van der Waals surface area contributed by atoms with Gasteiger partial charge in [-0.3, -0.25) is 0 Å². The first-order chi connectivity index (χ1) is 9.78. The van der Waals surface area contributed by atoms with Crippen molar-refractivity contribution in [2.24, 2.45) is 0 Å². The van der Waals surface area contributed by atoms with Crippen LogP contribution in [0.1, 0.15) is 18.1 Å². The van der Waals surface area contributed by atoms with E-state index in [4.69, 9.17) is 4.74 Å². The van der Waals surface area contributed by atoms with Crippen molar-refractivity contribution in [2.75, 3.05) is 13.2 Å². The molecule has 1 aliphatic rings. The highest BCUT2D eigenvalue weighted by molar-refractivity contribution is 5.66. The van der Waals surface area contributed by atoms with Gasteiger partial charge in [0.25, 0.3) is 0 Å². The Balaban J connectivity index is 1.89. The van der Waals surface area contributed by atoms with E-state index in [1.165, 1.54) is 5.56 Å². The molecule has 0 aliphatic carbocycles. The summed E-state index contributed by atoms with van der Waals surface area (Å²) < 4.78 is 19.6. The summed E-state index contributed by atoms with van der Waals surface area (Å²) in [5.41, 5.74) is 3.88. The molecule has 2 nitrogen and oxygen atoms in total. The van der Waals surface area contributed by atoms with Crippen LogP contribution in [0.15, 0.2) is 36.4 Å². The SMILES string of the molecule is CCNCc1ccc(-c2ccc3c(c2)CCO3)cc1F. The summed E-state index contributed by atoms with van der Waals surface area (Å²) in [4.78, 5) is 0. The number of rotatable bonds is 4. The molecule has 0 radical (unpaired) electrons. The first-order valence-corrected chi connectivity index (χ1v) is 7.03. The summed E-state index contributed by atoms with van der Waals surface area (Å²) in [6.45, 7) is 4.17. The van der Waals surface area contributed by atoms with Gasteiger partial charge in [-0.2, -0.15) is 0 Å². The number of hydrogen-bond acceptors (Lipinski definition) is 2. The minimum Gasteiger partial charge on any atom is -0.493 e. The Morgan fingerprint density at radius 1 is 1.15 bits per heavy atom. The fourth-order valence-electron chi connectivity index (χ4n) is 2.50. The molecular formula is C17H18FNO. The van der Waals surface area contributed by atoms with Crippen LogP contribution in [-0.2, 0) is 13.0 Å². The normalized spacial score (nSPS) is 13.1. The van der Waals surface area contributed by atoms with Crippen molar-refractivity contribution >= 4 is 0 Å². The minimum absolute atomic E-state index is 0.153. The Morgan fingerprint density at radius 3 is 2.75 bits per heavy atom. The Morgan fingerprint density at radius 2 is 1.95 bits per heavy atom. The number of hydrogen-bond donors (Lipinski definition) is 1. The number of ether oxygens (including phenoxy) is 1. The third kappa shape index (κ3) is 2.54. The standard InChI is InChI=1S/C17H18FNO/c1-2-19-11-15-4-3-13(10-16(15)18)12-5-6-17-14(9-12)7-8-20-17/h3-6,9-10,19H,2,7-8,11H2,1H3. The molecule has 2 aromatic carbocycles. The van der Waals surface area contributed by atoms with Crippen LogP contribution in [0, 0.1) is 5.82 Å². The topological polar surface area (TPSA) is 21.3 Å². The molecule has 1 aliphatic heterocycles. The van der Waals surface area contributed by atoms with Gasteiger partial charge in [-0.1, -0.05) is 25.1 Å². The van der Waals surface area contributed by atoms with Crippen molar-refractivity contribution in [1.82, 2.24) is 5.32 Å². The molecule has 1 heterocycles. The summed E-state index contributed by atoms with van der Waals surface area (Å²) in [6.07, 6.45) is 0.935. The number of fused-ring (bicyclic) bond motifs is 1. The Kier molecular flexibility index (Phi) is 3.70. The maximum absolute atomic E-state index is 14.1. The molecule has 2 aromatic rings. The number of nitrogens with one attached hydrogen (secondary N) is 1. The van der Waals surface area contributed by atoms with E-state index >= 15 is 0 Å². The van der Waals surface area contributed by atoms with Gasteiger partial charge >= 0.3 is 0 Å². The van der Waals surface area contributed by atoms with Gasteiger partial charge in [0, 0.05) is 18.5 Å². The average molecular weight is 271 g/mol. The molecule has 0 saturated heterocycles. The predicted molar refractivity (Wildman–Crippen MR) is 78.4 cm³/mol. The van der Waals surface area contributed by atoms with E-state index < -0.39 is 0 Å². The molecule has 0 amide bonds. The van der Waals surface area contributed by atoms with Gasteiger partial charge in [0.1, 0.15) is 11.6 Å². The molecule has 0 unspecified atom stereocenters. The largest absolute Gasteiger partial charge is 0.493 e. The molecule has 1 N–H and O–H groups in total. The minimum atomic E-state index is -0.153. The molecular weight excluding hydrogens is 253 g/mol. The van der Waals surface area contributed by atoms with E-state index in [-0.39, 0.29) is 5.82 Å². The smallest absolute Gasteiger partial charge is 0.128 e. The number of halogens is 1. The summed E-state index contributed by atoms with van der Waals surface area (Å²) in [5, 5.41) is 3.14. The van der Waals surface area contributed by atoms with Gasteiger partial charge in [0.2, 0.25) is 0 Å². The van der Waals surface area contributed by atoms with Crippen molar-refractivity contribution in [1.29, 1.82) is 0 Å². The average Bonchev–Trinajstić information content (AvgIpc) is 2.93. The van der Waals surface area contributed by atoms with Gasteiger partial charge in [-0.15, -0.1) is 0 Å². The maximum atomic E-state index is 14.1. The molecule has 0 fully saturated rings.